The number of hydrogen-bond donors (Lipinski definition) is 3. The number of carbonyl (C=O) groups is 1. The molecule has 16 heavy (non-hydrogen) atoms. The third-order valence-corrected chi connectivity index (χ3v) is 3.69. The zero-order valence-electron chi connectivity index (χ0n) is 8.98. The van der Waals surface area contributed by atoms with Crippen molar-refractivity contribution in [2.24, 2.45) is 5.92 Å². The number of aliphatic hydroxyl groups is 1. The zero-order chi connectivity index (χ0) is 11.4. The molecule has 0 spiro atoms. The van der Waals surface area contributed by atoms with Crippen LogP contribution in [0.1, 0.15) is 19.3 Å². The number of hydrogen-bond acceptors (Lipinski definition) is 3. The predicted molar refractivity (Wildman–Crippen MR) is 64.7 cm³/mol. The van der Waals surface area contributed by atoms with E-state index < -0.39 is 0 Å². The summed E-state index contributed by atoms with van der Waals surface area (Å²) in [5, 5.41) is 17.9. The van der Waals surface area contributed by atoms with Crippen molar-refractivity contribution in [1.82, 2.24) is 5.32 Å². The second kappa shape index (κ2) is 5.32. The fourth-order valence-corrected chi connectivity index (χ4v) is 2.60. The molecule has 1 aliphatic rings. The molecule has 0 aliphatic heterocycles. The summed E-state index contributed by atoms with van der Waals surface area (Å²) < 4.78 is 0. The van der Waals surface area contributed by atoms with Crippen LogP contribution in [0.4, 0.5) is 9.80 Å². The number of aliphatic hydroxyl groups excluding tert-OH is 1. The lowest BCUT2D eigenvalue weighted by atomic mass is 10.1. The van der Waals surface area contributed by atoms with Gasteiger partial charge >= 0.3 is 6.03 Å². The molecule has 3 N–H and O–H groups in total. The number of urea groups is 1. The van der Waals surface area contributed by atoms with Gasteiger partial charge in [-0.05, 0) is 30.4 Å². The van der Waals surface area contributed by atoms with Crippen molar-refractivity contribution in [3.8, 4) is 0 Å². The van der Waals surface area contributed by atoms with Gasteiger partial charge in [0.15, 0.2) is 0 Å². The number of thiophene rings is 1. The van der Waals surface area contributed by atoms with Gasteiger partial charge in [0.05, 0.1) is 11.1 Å². The molecule has 0 bridgehead atoms. The molecule has 1 fully saturated rings. The smallest absolute Gasteiger partial charge is 0.319 e. The molecule has 1 aromatic rings. The van der Waals surface area contributed by atoms with Gasteiger partial charge in [-0.25, -0.2) is 4.79 Å². The molecule has 1 aromatic heterocycles. The molecule has 2 rings (SSSR count). The normalized spacial score (nSPS) is 24.3. The van der Waals surface area contributed by atoms with E-state index in [0.717, 1.165) is 24.3 Å². The summed E-state index contributed by atoms with van der Waals surface area (Å²) >= 11 is 1.49. The number of nitrogens with one attached hydrogen (secondary N) is 2. The Hall–Kier alpha value is -1.07. The van der Waals surface area contributed by atoms with E-state index in [-0.39, 0.29) is 18.1 Å². The first-order valence-electron chi connectivity index (χ1n) is 5.52. The highest BCUT2D eigenvalue weighted by molar-refractivity contribution is 7.14. The van der Waals surface area contributed by atoms with Crippen molar-refractivity contribution in [3.05, 3.63) is 17.5 Å². The minimum Gasteiger partial charge on any atom is -0.393 e. The molecule has 2 atom stereocenters. The van der Waals surface area contributed by atoms with E-state index in [4.69, 9.17) is 0 Å². The van der Waals surface area contributed by atoms with Crippen LogP contribution in [0.5, 0.6) is 0 Å². The molecule has 0 aromatic carbocycles. The number of anilines is 1. The highest BCUT2D eigenvalue weighted by Crippen LogP contribution is 2.24. The monoisotopic (exact) mass is 240 g/mol. The molecule has 4 nitrogen and oxygen atoms in total. The highest BCUT2D eigenvalue weighted by Gasteiger charge is 2.25. The SMILES string of the molecule is O=C(NC[C@@H]1CCC[C@H]1O)Nc1cccs1. The highest BCUT2D eigenvalue weighted by atomic mass is 32.1. The van der Waals surface area contributed by atoms with Crippen molar-refractivity contribution < 1.29 is 9.90 Å². The Morgan fingerprint density at radius 1 is 1.56 bits per heavy atom. The van der Waals surface area contributed by atoms with Crippen LogP contribution in [0.2, 0.25) is 0 Å². The van der Waals surface area contributed by atoms with Gasteiger partial charge in [-0.3, -0.25) is 5.32 Å². The minimum absolute atomic E-state index is 0.193. The van der Waals surface area contributed by atoms with Gasteiger partial charge < -0.3 is 10.4 Å². The van der Waals surface area contributed by atoms with Crippen molar-refractivity contribution in [2.75, 3.05) is 11.9 Å². The lowest BCUT2D eigenvalue weighted by Crippen LogP contribution is -2.35. The average Bonchev–Trinajstić information content (AvgIpc) is 2.87. The van der Waals surface area contributed by atoms with Crippen LogP contribution in [0, 0.1) is 5.92 Å². The molecule has 1 heterocycles. The molecule has 0 unspecified atom stereocenters. The number of amides is 2. The Labute approximate surface area is 98.7 Å². The van der Waals surface area contributed by atoms with E-state index in [9.17, 15) is 9.90 Å². The quantitative estimate of drug-likeness (QED) is 0.757. The minimum atomic E-state index is -0.248. The molecule has 0 saturated heterocycles. The van der Waals surface area contributed by atoms with Gasteiger partial charge in [0.25, 0.3) is 0 Å². The van der Waals surface area contributed by atoms with Crippen LogP contribution in [0.3, 0.4) is 0 Å². The van der Waals surface area contributed by atoms with Gasteiger partial charge in [-0.1, -0.05) is 6.42 Å². The van der Waals surface area contributed by atoms with Crippen LogP contribution in [0.15, 0.2) is 17.5 Å². The van der Waals surface area contributed by atoms with Crippen molar-refractivity contribution in [3.63, 3.8) is 0 Å². The van der Waals surface area contributed by atoms with Crippen molar-refractivity contribution in [2.45, 2.75) is 25.4 Å². The Kier molecular flexibility index (Phi) is 3.79. The van der Waals surface area contributed by atoms with Gasteiger partial charge in [0.1, 0.15) is 0 Å². The second-order valence-corrected chi connectivity index (χ2v) is 5.02. The third-order valence-electron chi connectivity index (χ3n) is 2.90. The van der Waals surface area contributed by atoms with E-state index in [0.29, 0.717) is 6.54 Å². The summed E-state index contributed by atoms with van der Waals surface area (Å²) in [5.41, 5.74) is 0. The van der Waals surface area contributed by atoms with Crippen molar-refractivity contribution in [1.29, 1.82) is 0 Å². The zero-order valence-corrected chi connectivity index (χ0v) is 9.80. The lowest BCUT2D eigenvalue weighted by molar-refractivity contribution is 0.133. The average molecular weight is 240 g/mol. The molecule has 2 amide bonds. The van der Waals surface area contributed by atoms with Gasteiger partial charge in [0.2, 0.25) is 0 Å². The predicted octanol–water partition coefficient (Wildman–Crippen LogP) is 2.03. The van der Waals surface area contributed by atoms with E-state index >= 15 is 0 Å². The standard InChI is InChI=1S/C11H16N2O2S/c14-9-4-1-3-8(9)7-12-11(15)13-10-5-2-6-16-10/h2,5-6,8-9,14H,1,3-4,7H2,(H2,12,13,15)/t8-,9+/m0/s1. The molecule has 1 saturated carbocycles. The molecular formula is C11H16N2O2S. The van der Waals surface area contributed by atoms with Gasteiger partial charge in [-0.15, -0.1) is 11.3 Å². The number of rotatable bonds is 3. The number of carbonyl (C=O) groups excluding carboxylic acids is 1. The van der Waals surface area contributed by atoms with Crippen molar-refractivity contribution >= 4 is 22.4 Å². The second-order valence-electron chi connectivity index (χ2n) is 4.07. The Balaban J connectivity index is 1.71. The summed E-state index contributed by atoms with van der Waals surface area (Å²) in [6, 6.07) is 3.55. The van der Waals surface area contributed by atoms with Gasteiger partial charge in [-0.2, -0.15) is 0 Å². The summed E-state index contributed by atoms with van der Waals surface area (Å²) in [6.45, 7) is 0.554. The van der Waals surface area contributed by atoms with Crippen LogP contribution in [-0.2, 0) is 0 Å². The fraction of sp³-hybridized carbons (Fsp3) is 0.545. The Morgan fingerprint density at radius 3 is 3.06 bits per heavy atom. The summed E-state index contributed by atoms with van der Waals surface area (Å²) in [6.07, 6.45) is 2.67. The Bertz CT molecular complexity index is 340. The van der Waals surface area contributed by atoms with E-state index in [1.165, 1.54) is 11.3 Å². The lowest BCUT2D eigenvalue weighted by Gasteiger charge is -2.15. The van der Waals surface area contributed by atoms with Crippen LogP contribution in [0.25, 0.3) is 0 Å². The Morgan fingerprint density at radius 2 is 2.44 bits per heavy atom. The first kappa shape index (κ1) is 11.4. The van der Waals surface area contributed by atoms with E-state index in [1.807, 2.05) is 17.5 Å². The van der Waals surface area contributed by atoms with Crippen LogP contribution in [-0.4, -0.2) is 23.8 Å². The fourth-order valence-electron chi connectivity index (χ4n) is 1.98. The first-order chi connectivity index (χ1) is 7.75. The van der Waals surface area contributed by atoms with E-state index in [1.54, 1.807) is 0 Å². The molecule has 1 aliphatic carbocycles. The maximum absolute atomic E-state index is 11.5. The van der Waals surface area contributed by atoms with Crippen LogP contribution >= 0.6 is 11.3 Å². The molecule has 0 radical (unpaired) electrons. The summed E-state index contributed by atoms with van der Waals surface area (Å²) in [4.78, 5) is 11.5. The largest absolute Gasteiger partial charge is 0.393 e. The van der Waals surface area contributed by atoms with E-state index in [2.05, 4.69) is 10.6 Å². The third kappa shape index (κ3) is 2.96. The molecule has 5 heteroatoms. The molecular weight excluding hydrogens is 224 g/mol. The maximum Gasteiger partial charge on any atom is 0.319 e. The van der Waals surface area contributed by atoms with Crippen LogP contribution < -0.4 is 10.6 Å². The topological polar surface area (TPSA) is 61.4 Å². The van der Waals surface area contributed by atoms with Gasteiger partial charge in [0, 0.05) is 12.5 Å². The summed E-state index contributed by atoms with van der Waals surface area (Å²) in [7, 11) is 0. The first-order valence-corrected chi connectivity index (χ1v) is 6.40. The maximum atomic E-state index is 11.5. The molecule has 88 valence electrons. The summed E-state index contributed by atoms with van der Waals surface area (Å²) in [5.74, 6) is 0.217.